The molecular formula is C23H34N4O3. The van der Waals surface area contributed by atoms with E-state index in [2.05, 4.69) is 22.8 Å². The van der Waals surface area contributed by atoms with E-state index in [1.807, 2.05) is 15.5 Å². The summed E-state index contributed by atoms with van der Waals surface area (Å²) < 4.78 is 7.64. The second kappa shape index (κ2) is 8.44. The smallest absolute Gasteiger partial charge is 0.255 e. The molecule has 0 N–H and O–H groups in total. The number of nitrogens with zero attached hydrogens (tertiary/aromatic N) is 4. The number of rotatable bonds is 4. The topological polar surface area (TPSA) is 58.0 Å². The van der Waals surface area contributed by atoms with E-state index in [1.165, 1.54) is 0 Å². The van der Waals surface area contributed by atoms with Crippen LogP contribution in [0.5, 0.6) is 0 Å². The first-order valence-corrected chi connectivity index (χ1v) is 11.7. The summed E-state index contributed by atoms with van der Waals surface area (Å²) in [5.41, 5.74) is 2.20. The van der Waals surface area contributed by atoms with Crippen LogP contribution in [0.2, 0.25) is 0 Å². The standard InChI is InChI=1S/C23H34N4O3/c1-2-24-7-9-25(10-8-24)15-18-5-6-20-19-12-17(14-27(20)22(18)28)13-26(16-19)23(29)21-4-3-11-30-21/h5-6,17,19,21H,2-4,7-16H2,1H3/t17-,19+,21-/m0/s1. The first-order chi connectivity index (χ1) is 14.6. The predicted molar refractivity (Wildman–Crippen MR) is 114 cm³/mol. The Morgan fingerprint density at radius 3 is 2.63 bits per heavy atom. The van der Waals surface area contributed by atoms with Gasteiger partial charge < -0.3 is 19.1 Å². The fraction of sp³-hybridized carbons (Fsp3) is 0.739. The highest BCUT2D eigenvalue weighted by Gasteiger charge is 2.39. The lowest BCUT2D eigenvalue weighted by atomic mass is 9.82. The number of likely N-dealkylation sites (N-methyl/N-ethyl adjacent to an activating group) is 1. The highest BCUT2D eigenvalue weighted by molar-refractivity contribution is 5.81. The number of hydrogen-bond donors (Lipinski definition) is 0. The van der Waals surface area contributed by atoms with Crippen LogP contribution in [0.25, 0.3) is 0 Å². The van der Waals surface area contributed by atoms with Gasteiger partial charge in [0.25, 0.3) is 11.5 Å². The van der Waals surface area contributed by atoms with Gasteiger partial charge in [-0.1, -0.05) is 13.0 Å². The normalized spacial score (nSPS) is 29.8. The van der Waals surface area contributed by atoms with Crippen LogP contribution in [0, 0.1) is 5.92 Å². The summed E-state index contributed by atoms with van der Waals surface area (Å²) in [7, 11) is 0. The number of piperidine rings is 1. The van der Waals surface area contributed by atoms with Gasteiger partial charge in [0.2, 0.25) is 0 Å². The van der Waals surface area contributed by atoms with Gasteiger partial charge in [-0.15, -0.1) is 0 Å². The van der Waals surface area contributed by atoms with E-state index in [0.717, 1.165) is 82.9 Å². The minimum atomic E-state index is -0.249. The van der Waals surface area contributed by atoms with Crippen LogP contribution in [-0.2, 0) is 22.6 Å². The number of piperazine rings is 1. The Balaban J connectivity index is 1.30. The zero-order chi connectivity index (χ0) is 20.7. The number of hydrogen-bond acceptors (Lipinski definition) is 5. The zero-order valence-electron chi connectivity index (χ0n) is 18.1. The first-order valence-electron chi connectivity index (χ1n) is 11.7. The minimum absolute atomic E-state index is 0.154. The molecule has 7 nitrogen and oxygen atoms in total. The summed E-state index contributed by atoms with van der Waals surface area (Å²) >= 11 is 0. The second-order valence-corrected chi connectivity index (χ2v) is 9.45. The minimum Gasteiger partial charge on any atom is -0.368 e. The number of pyridine rings is 1. The fourth-order valence-electron chi connectivity index (χ4n) is 5.77. The molecule has 4 aliphatic heterocycles. The van der Waals surface area contributed by atoms with Crippen LogP contribution in [0.15, 0.2) is 16.9 Å². The van der Waals surface area contributed by atoms with Crippen molar-refractivity contribution in [2.45, 2.75) is 51.3 Å². The molecule has 0 aromatic carbocycles. The maximum atomic E-state index is 13.3. The summed E-state index contributed by atoms with van der Waals surface area (Å²) in [6.45, 7) is 11.2. The Morgan fingerprint density at radius 2 is 1.90 bits per heavy atom. The van der Waals surface area contributed by atoms with Crippen LogP contribution in [0.1, 0.15) is 43.4 Å². The molecule has 3 saturated heterocycles. The molecule has 1 amide bonds. The Bertz CT molecular complexity index is 839. The Kier molecular flexibility index (Phi) is 5.69. The average molecular weight is 415 g/mol. The maximum absolute atomic E-state index is 13.3. The number of amides is 1. The summed E-state index contributed by atoms with van der Waals surface area (Å²) in [6.07, 6.45) is 2.65. The molecule has 1 aromatic rings. The summed E-state index contributed by atoms with van der Waals surface area (Å²) in [4.78, 5) is 33.0. The van der Waals surface area contributed by atoms with Gasteiger partial charge >= 0.3 is 0 Å². The fourth-order valence-corrected chi connectivity index (χ4v) is 5.77. The molecule has 3 atom stereocenters. The van der Waals surface area contributed by atoms with Crippen molar-refractivity contribution in [3.8, 4) is 0 Å². The lowest BCUT2D eigenvalue weighted by Gasteiger charge is -2.43. The number of carbonyl (C=O) groups excluding carboxylic acids is 1. The van der Waals surface area contributed by atoms with Crippen molar-refractivity contribution in [1.29, 1.82) is 0 Å². The molecule has 0 radical (unpaired) electrons. The van der Waals surface area contributed by atoms with Crippen molar-refractivity contribution >= 4 is 5.91 Å². The molecule has 0 aliphatic carbocycles. The van der Waals surface area contributed by atoms with Crippen LogP contribution in [-0.4, -0.2) is 83.7 Å². The van der Waals surface area contributed by atoms with Crippen LogP contribution < -0.4 is 5.56 Å². The molecular weight excluding hydrogens is 380 g/mol. The summed E-state index contributed by atoms with van der Waals surface area (Å²) in [5, 5.41) is 0. The second-order valence-electron chi connectivity index (χ2n) is 9.45. The van der Waals surface area contributed by atoms with E-state index in [4.69, 9.17) is 4.74 Å². The number of carbonyl (C=O) groups is 1. The third-order valence-electron chi connectivity index (χ3n) is 7.51. The first kappa shape index (κ1) is 20.2. The van der Waals surface area contributed by atoms with Crippen molar-refractivity contribution in [3.63, 3.8) is 0 Å². The molecule has 3 fully saturated rings. The molecule has 30 heavy (non-hydrogen) atoms. The zero-order valence-corrected chi connectivity index (χ0v) is 18.1. The average Bonchev–Trinajstić information content (AvgIpc) is 3.31. The third kappa shape index (κ3) is 3.83. The monoisotopic (exact) mass is 414 g/mol. The van der Waals surface area contributed by atoms with Gasteiger partial charge in [-0.25, -0.2) is 0 Å². The molecule has 7 heteroatoms. The number of ether oxygens (including phenoxy) is 1. The van der Waals surface area contributed by atoms with Crippen LogP contribution in [0.3, 0.4) is 0 Å². The van der Waals surface area contributed by atoms with Gasteiger partial charge in [0.15, 0.2) is 0 Å². The molecule has 5 heterocycles. The largest absolute Gasteiger partial charge is 0.368 e. The molecule has 0 saturated carbocycles. The molecule has 5 rings (SSSR count). The van der Waals surface area contributed by atoms with E-state index in [9.17, 15) is 9.59 Å². The van der Waals surface area contributed by atoms with Gasteiger partial charge in [-0.2, -0.15) is 0 Å². The summed E-state index contributed by atoms with van der Waals surface area (Å²) in [6, 6.07) is 4.20. The Hall–Kier alpha value is -1.70. The van der Waals surface area contributed by atoms with E-state index in [0.29, 0.717) is 19.1 Å². The quantitative estimate of drug-likeness (QED) is 0.739. The van der Waals surface area contributed by atoms with Gasteiger partial charge in [-0.05, 0) is 37.8 Å². The van der Waals surface area contributed by atoms with Gasteiger partial charge in [0, 0.05) is 76.1 Å². The van der Waals surface area contributed by atoms with Crippen LogP contribution >= 0.6 is 0 Å². The van der Waals surface area contributed by atoms with E-state index < -0.39 is 0 Å². The molecule has 4 aliphatic rings. The highest BCUT2D eigenvalue weighted by atomic mass is 16.5. The van der Waals surface area contributed by atoms with E-state index in [-0.39, 0.29) is 23.5 Å². The van der Waals surface area contributed by atoms with E-state index in [1.54, 1.807) is 0 Å². The van der Waals surface area contributed by atoms with Gasteiger partial charge in [0.1, 0.15) is 6.10 Å². The van der Waals surface area contributed by atoms with Crippen molar-refractivity contribution in [3.05, 3.63) is 33.7 Å². The lowest BCUT2D eigenvalue weighted by Crippen LogP contribution is -2.52. The maximum Gasteiger partial charge on any atom is 0.255 e. The van der Waals surface area contributed by atoms with Crippen LogP contribution in [0.4, 0.5) is 0 Å². The lowest BCUT2D eigenvalue weighted by molar-refractivity contribution is -0.143. The highest BCUT2D eigenvalue weighted by Crippen LogP contribution is 2.36. The molecule has 0 unspecified atom stereocenters. The molecule has 2 bridgehead atoms. The molecule has 0 spiro atoms. The van der Waals surface area contributed by atoms with Crippen molar-refractivity contribution in [1.82, 2.24) is 19.3 Å². The molecule has 1 aromatic heterocycles. The molecule has 164 valence electrons. The third-order valence-corrected chi connectivity index (χ3v) is 7.51. The number of likely N-dealkylation sites (tertiary alicyclic amines) is 1. The Labute approximate surface area is 178 Å². The van der Waals surface area contributed by atoms with Crippen molar-refractivity contribution in [2.24, 2.45) is 5.92 Å². The SMILES string of the molecule is CCN1CCN(Cc2ccc3n(c2=O)C[C@H]2C[C@@H]3CN(C(=O)[C@@H]3CCCO3)C2)CC1. The number of fused-ring (bicyclic) bond motifs is 4. The van der Waals surface area contributed by atoms with E-state index >= 15 is 0 Å². The summed E-state index contributed by atoms with van der Waals surface area (Å²) in [5.74, 6) is 0.779. The van der Waals surface area contributed by atoms with Crippen molar-refractivity contribution < 1.29 is 9.53 Å². The number of aromatic nitrogens is 1. The predicted octanol–water partition coefficient (Wildman–Crippen LogP) is 1.11. The Morgan fingerprint density at radius 1 is 1.10 bits per heavy atom. The van der Waals surface area contributed by atoms with Gasteiger partial charge in [0.05, 0.1) is 0 Å². The van der Waals surface area contributed by atoms with Gasteiger partial charge in [-0.3, -0.25) is 14.5 Å². The van der Waals surface area contributed by atoms with Crippen molar-refractivity contribution in [2.75, 3.05) is 52.4 Å².